The molecule has 1 aliphatic heterocycles. The Morgan fingerprint density at radius 2 is 1.96 bits per heavy atom. The highest BCUT2D eigenvalue weighted by molar-refractivity contribution is 5.94. The Labute approximate surface area is 145 Å². The normalized spacial score (nSPS) is 14.0. The first-order valence-corrected chi connectivity index (χ1v) is 7.79. The van der Waals surface area contributed by atoms with Gasteiger partial charge in [-0.3, -0.25) is 9.48 Å². The predicted octanol–water partition coefficient (Wildman–Crippen LogP) is 2.77. The fraction of sp³-hybridized carbons (Fsp3) is 0.176. The Balaban J connectivity index is 1.73. The van der Waals surface area contributed by atoms with E-state index in [1.165, 1.54) is 18.3 Å². The summed E-state index contributed by atoms with van der Waals surface area (Å²) in [5.74, 6) is -0.0637. The van der Waals surface area contributed by atoms with Gasteiger partial charge in [0.2, 0.25) is 0 Å². The minimum atomic E-state index is -4.44. The highest BCUT2D eigenvalue weighted by Crippen LogP contribution is 2.31. The molecule has 1 aliphatic rings. The van der Waals surface area contributed by atoms with E-state index in [2.05, 4.69) is 20.4 Å². The minimum absolute atomic E-state index is 0.157. The van der Waals surface area contributed by atoms with E-state index in [9.17, 15) is 18.0 Å². The lowest BCUT2D eigenvalue weighted by Crippen LogP contribution is -2.35. The molecule has 6 nitrogen and oxygen atoms in total. The molecule has 1 amide bonds. The van der Waals surface area contributed by atoms with Crippen LogP contribution in [0.15, 0.2) is 42.6 Å². The molecule has 1 N–H and O–H groups in total. The number of fused-ring (bicyclic) bond motifs is 1. The average Bonchev–Trinajstić information content (AvgIpc) is 3.07. The van der Waals surface area contributed by atoms with Crippen molar-refractivity contribution in [3.8, 4) is 22.8 Å². The molecule has 0 saturated heterocycles. The van der Waals surface area contributed by atoms with E-state index in [0.29, 0.717) is 30.2 Å². The molecule has 0 radical (unpaired) electrons. The van der Waals surface area contributed by atoms with E-state index in [1.807, 2.05) is 0 Å². The maximum Gasteiger partial charge on any atom is 0.416 e. The number of nitrogens with zero attached hydrogens (tertiary/aromatic N) is 4. The Morgan fingerprint density at radius 1 is 1.12 bits per heavy atom. The van der Waals surface area contributed by atoms with Crippen LogP contribution in [0, 0.1) is 0 Å². The summed E-state index contributed by atoms with van der Waals surface area (Å²) >= 11 is 0. The van der Waals surface area contributed by atoms with Gasteiger partial charge in [0.05, 0.1) is 17.8 Å². The first-order chi connectivity index (χ1) is 12.4. The third-order valence-electron chi connectivity index (χ3n) is 3.99. The number of alkyl halides is 3. The molecule has 0 fully saturated rings. The summed E-state index contributed by atoms with van der Waals surface area (Å²) in [6, 6.07) is 8.03. The van der Waals surface area contributed by atoms with Crippen molar-refractivity contribution in [1.29, 1.82) is 0 Å². The van der Waals surface area contributed by atoms with Crippen LogP contribution in [0.2, 0.25) is 0 Å². The Kier molecular flexibility index (Phi) is 3.71. The van der Waals surface area contributed by atoms with E-state index in [-0.39, 0.29) is 17.3 Å². The van der Waals surface area contributed by atoms with Gasteiger partial charge in [-0.15, -0.1) is 0 Å². The van der Waals surface area contributed by atoms with E-state index < -0.39 is 11.7 Å². The molecule has 132 valence electrons. The van der Waals surface area contributed by atoms with E-state index in [1.54, 1.807) is 16.8 Å². The molecule has 2 aromatic heterocycles. The number of aromatic nitrogens is 4. The zero-order valence-electron chi connectivity index (χ0n) is 13.3. The molecule has 4 rings (SSSR count). The van der Waals surface area contributed by atoms with E-state index in [0.717, 1.165) is 12.1 Å². The second-order valence-electron chi connectivity index (χ2n) is 5.74. The van der Waals surface area contributed by atoms with Gasteiger partial charge in [-0.05, 0) is 24.3 Å². The monoisotopic (exact) mass is 359 g/mol. The van der Waals surface area contributed by atoms with Crippen molar-refractivity contribution in [3.05, 3.63) is 53.9 Å². The van der Waals surface area contributed by atoms with Crippen LogP contribution in [0.5, 0.6) is 0 Å². The lowest BCUT2D eigenvalue weighted by molar-refractivity contribution is -0.137. The lowest BCUT2D eigenvalue weighted by Gasteiger charge is -2.13. The molecule has 9 heteroatoms. The number of nitrogens with one attached hydrogen (secondary N) is 1. The molecule has 0 spiro atoms. The molecule has 0 bridgehead atoms. The SMILES string of the molecule is O=C1NCCn2nc(-c3ccnc(-c4cccc(C(F)(F)F)c4)n3)cc21. The summed E-state index contributed by atoms with van der Waals surface area (Å²) in [6.07, 6.45) is -2.99. The Hall–Kier alpha value is -3.23. The van der Waals surface area contributed by atoms with Crippen LogP contribution in [0.25, 0.3) is 22.8 Å². The number of benzene rings is 1. The van der Waals surface area contributed by atoms with Crippen molar-refractivity contribution >= 4 is 5.91 Å². The summed E-state index contributed by atoms with van der Waals surface area (Å²) < 4.78 is 40.3. The largest absolute Gasteiger partial charge is 0.416 e. The maximum atomic E-state index is 12.9. The summed E-state index contributed by atoms with van der Waals surface area (Å²) in [6.45, 7) is 1.04. The van der Waals surface area contributed by atoms with Gasteiger partial charge in [-0.25, -0.2) is 9.97 Å². The van der Waals surface area contributed by atoms with Gasteiger partial charge < -0.3 is 5.32 Å². The molecule has 3 aromatic rings. The van der Waals surface area contributed by atoms with Crippen molar-refractivity contribution in [2.24, 2.45) is 0 Å². The second-order valence-corrected chi connectivity index (χ2v) is 5.74. The number of hydrogen-bond acceptors (Lipinski definition) is 4. The van der Waals surface area contributed by atoms with Crippen molar-refractivity contribution < 1.29 is 18.0 Å². The van der Waals surface area contributed by atoms with Crippen molar-refractivity contribution in [2.45, 2.75) is 12.7 Å². The first-order valence-electron chi connectivity index (χ1n) is 7.79. The van der Waals surface area contributed by atoms with Crippen LogP contribution < -0.4 is 5.32 Å². The zero-order chi connectivity index (χ0) is 18.3. The fourth-order valence-corrected chi connectivity index (χ4v) is 2.74. The minimum Gasteiger partial charge on any atom is -0.349 e. The third kappa shape index (κ3) is 2.92. The first kappa shape index (κ1) is 16.2. The summed E-state index contributed by atoms with van der Waals surface area (Å²) in [7, 11) is 0. The van der Waals surface area contributed by atoms with Gasteiger partial charge >= 0.3 is 6.18 Å². The number of amides is 1. The summed E-state index contributed by atoms with van der Waals surface area (Å²) in [5, 5.41) is 7.07. The predicted molar refractivity (Wildman–Crippen MR) is 86.0 cm³/mol. The quantitative estimate of drug-likeness (QED) is 0.764. The van der Waals surface area contributed by atoms with E-state index >= 15 is 0 Å². The van der Waals surface area contributed by atoms with Crippen LogP contribution in [-0.2, 0) is 12.7 Å². The van der Waals surface area contributed by atoms with Crippen molar-refractivity contribution in [2.75, 3.05) is 6.54 Å². The fourth-order valence-electron chi connectivity index (χ4n) is 2.74. The molecule has 0 unspecified atom stereocenters. The maximum absolute atomic E-state index is 12.9. The summed E-state index contributed by atoms with van der Waals surface area (Å²) in [5.41, 5.74) is 0.807. The topological polar surface area (TPSA) is 72.7 Å². The highest BCUT2D eigenvalue weighted by atomic mass is 19.4. The van der Waals surface area contributed by atoms with Crippen molar-refractivity contribution in [1.82, 2.24) is 25.1 Å². The van der Waals surface area contributed by atoms with E-state index in [4.69, 9.17) is 0 Å². The molecule has 0 saturated carbocycles. The van der Waals surface area contributed by atoms with Crippen LogP contribution >= 0.6 is 0 Å². The number of hydrogen-bond donors (Lipinski definition) is 1. The molecule has 0 atom stereocenters. The molecule has 1 aromatic carbocycles. The molecule has 0 aliphatic carbocycles. The lowest BCUT2D eigenvalue weighted by atomic mass is 10.1. The van der Waals surface area contributed by atoms with Crippen molar-refractivity contribution in [3.63, 3.8) is 0 Å². The summed E-state index contributed by atoms with van der Waals surface area (Å²) in [4.78, 5) is 20.2. The highest BCUT2D eigenvalue weighted by Gasteiger charge is 2.30. The smallest absolute Gasteiger partial charge is 0.349 e. The van der Waals surface area contributed by atoms with Gasteiger partial charge in [0.1, 0.15) is 11.4 Å². The van der Waals surface area contributed by atoms with Crippen LogP contribution in [0.4, 0.5) is 13.2 Å². The van der Waals surface area contributed by atoms with Gasteiger partial charge in [0, 0.05) is 18.3 Å². The second kappa shape index (κ2) is 5.94. The van der Waals surface area contributed by atoms with Gasteiger partial charge in [-0.2, -0.15) is 18.3 Å². The van der Waals surface area contributed by atoms with Crippen LogP contribution in [-0.4, -0.2) is 32.2 Å². The Morgan fingerprint density at radius 3 is 2.73 bits per heavy atom. The van der Waals surface area contributed by atoms with Gasteiger partial charge in [-0.1, -0.05) is 12.1 Å². The molecular weight excluding hydrogens is 347 g/mol. The Bertz CT molecular complexity index is 996. The van der Waals surface area contributed by atoms with Gasteiger partial charge in [0.25, 0.3) is 5.91 Å². The van der Waals surface area contributed by atoms with Crippen LogP contribution in [0.1, 0.15) is 16.1 Å². The number of rotatable bonds is 2. The number of carbonyl (C=O) groups is 1. The van der Waals surface area contributed by atoms with Crippen LogP contribution in [0.3, 0.4) is 0 Å². The van der Waals surface area contributed by atoms with Gasteiger partial charge in [0.15, 0.2) is 5.82 Å². The number of carbonyl (C=O) groups excluding carboxylic acids is 1. The molecule has 26 heavy (non-hydrogen) atoms. The standard InChI is InChI=1S/C17H12F3N5O/c18-17(19,20)11-3-1-2-10(8-11)15-21-5-4-12(23-15)13-9-14-16(26)22-6-7-25(14)24-13/h1-5,8-9H,6-7H2,(H,22,26). The zero-order valence-corrected chi connectivity index (χ0v) is 13.3. The molecule has 3 heterocycles. The number of halogens is 3. The average molecular weight is 359 g/mol. The molecular formula is C17H12F3N5O. The third-order valence-corrected chi connectivity index (χ3v) is 3.99.